The zero-order valence-corrected chi connectivity index (χ0v) is 12.7. The molecule has 1 saturated heterocycles. The van der Waals surface area contributed by atoms with Gasteiger partial charge in [-0.05, 0) is 19.2 Å². The first-order valence-corrected chi connectivity index (χ1v) is 6.88. The summed E-state index contributed by atoms with van der Waals surface area (Å²) in [5.41, 5.74) is 0.410. The second-order valence-corrected chi connectivity index (χ2v) is 5.73. The predicted octanol–water partition coefficient (Wildman–Crippen LogP) is 1.83. The number of carbonyl (C=O) groups is 1. The number of anilines is 2. The van der Waals surface area contributed by atoms with E-state index in [1.54, 1.807) is 44.4 Å². The molecule has 0 aliphatic carbocycles. The normalized spacial score (nSPS) is 22.6. The highest BCUT2D eigenvalue weighted by Crippen LogP contribution is 2.37. The third kappa shape index (κ3) is 3.49. The molecule has 1 aliphatic rings. The second-order valence-electron chi connectivity index (χ2n) is 5.73. The van der Waals surface area contributed by atoms with Crippen molar-refractivity contribution in [2.75, 3.05) is 44.4 Å². The summed E-state index contributed by atoms with van der Waals surface area (Å²) in [6.07, 6.45) is -2.82. The van der Waals surface area contributed by atoms with Crippen molar-refractivity contribution in [1.82, 2.24) is 9.88 Å². The van der Waals surface area contributed by atoms with Gasteiger partial charge in [0.15, 0.2) is 5.82 Å². The number of halogens is 3. The lowest BCUT2D eigenvalue weighted by atomic mass is 9.94. The lowest BCUT2D eigenvalue weighted by Gasteiger charge is -2.22. The maximum Gasteiger partial charge on any atom is 0.393 e. The number of aromatic nitrogens is 1. The van der Waals surface area contributed by atoms with Crippen molar-refractivity contribution in [3.8, 4) is 0 Å². The van der Waals surface area contributed by atoms with Crippen LogP contribution in [0, 0.1) is 11.8 Å². The zero-order valence-electron chi connectivity index (χ0n) is 12.7. The Morgan fingerprint density at radius 3 is 2.68 bits per heavy atom. The van der Waals surface area contributed by atoms with E-state index in [0.29, 0.717) is 11.5 Å². The largest absolute Gasteiger partial charge is 0.393 e. The first-order chi connectivity index (χ1) is 10.2. The van der Waals surface area contributed by atoms with Crippen LogP contribution in [0.25, 0.3) is 0 Å². The molecule has 1 aromatic heterocycles. The zero-order chi connectivity index (χ0) is 16.5. The highest BCUT2D eigenvalue weighted by molar-refractivity contribution is 5.95. The van der Waals surface area contributed by atoms with Gasteiger partial charge < -0.3 is 15.1 Å². The molecule has 0 spiro atoms. The van der Waals surface area contributed by atoms with E-state index in [-0.39, 0.29) is 13.1 Å². The van der Waals surface area contributed by atoms with E-state index in [2.05, 4.69) is 10.3 Å². The van der Waals surface area contributed by atoms with Crippen LogP contribution in [-0.4, -0.2) is 56.2 Å². The SMILES string of the molecule is CN1C[C@@H](C(F)(F)F)[C@H](C(=O)Nc2cccnc2N(C)C)C1. The fraction of sp³-hybridized carbons (Fsp3) is 0.571. The number of alkyl halides is 3. The van der Waals surface area contributed by atoms with E-state index in [4.69, 9.17) is 0 Å². The number of carbonyl (C=O) groups excluding carboxylic acids is 1. The van der Waals surface area contributed by atoms with Crippen molar-refractivity contribution in [2.45, 2.75) is 6.18 Å². The number of hydrogen-bond acceptors (Lipinski definition) is 4. The van der Waals surface area contributed by atoms with E-state index in [1.165, 1.54) is 4.90 Å². The molecule has 0 unspecified atom stereocenters. The second kappa shape index (κ2) is 6.12. The molecular weight excluding hydrogens is 297 g/mol. The Morgan fingerprint density at radius 2 is 2.09 bits per heavy atom. The Kier molecular flexibility index (Phi) is 4.60. The van der Waals surface area contributed by atoms with Gasteiger partial charge >= 0.3 is 6.18 Å². The Hall–Kier alpha value is -1.83. The summed E-state index contributed by atoms with van der Waals surface area (Å²) in [6, 6.07) is 3.26. The van der Waals surface area contributed by atoms with Crippen LogP contribution in [-0.2, 0) is 4.79 Å². The summed E-state index contributed by atoms with van der Waals surface area (Å²) in [4.78, 5) is 19.6. The van der Waals surface area contributed by atoms with Crippen LogP contribution in [0.3, 0.4) is 0 Å². The Labute approximate surface area is 127 Å². The molecular formula is C14H19F3N4O. The number of nitrogens with zero attached hydrogens (tertiary/aromatic N) is 3. The van der Waals surface area contributed by atoms with Gasteiger partial charge in [-0.25, -0.2) is 4.98 Å². The molecule has 0 radical (unpaired) electrons. The van der Waals surface area contributed by atoms with Gasteiger partial charge in [-0.1, -0.05) is 0 Å². The first kappa shape index (κ1) is 16.5. The van der Waals surface area contributed by atoms with Gasteiger partial charge in [-0.2, -0.15) is 13.2 Å². The van der Waals surface area contributed by atoms with E-state index >= 15 is 0 Å². The van der Waals surface area contributed by atoms with Crippen LogP contribution in [0.4, 0.5) is 24.7 Å². The fourth-order valence-corrected chi connectivity index (χ4v) is 2.67. The number of hydrogen-bond donors (Lipinski definition) is 1. The molecule has 1 fully saturated rings. The molecule has 5 nitrogen and oxygen atoms in total. The van der Waals surface area contributed by atoms with Crippen LogP contribution in [0.15, 0.2) is 18.3 Å². The van der Waals surface area contributed by atoms with E-state index < -0.39 is 23.9 Å². The third-order valence-electron chi connectivity index (χ3n) is 3.73. The standard InChI is InChI=1S/C14H19F3N4O/c1-20(2)12-11(5-4-6-18-12)19-13(22)9-7-21(3)8-10(9)14(15,16)17/h4-6,9-10H,7-8H2,1-3H3,(H,19,22)/t9-,10-/m1/s1. The van der Waals surface area contributed by atoms with Gasteiger partial charge in [0, 0.05) is 33.4 Å². The highest BCUT2D eigenvalue weighted by atomic mass is 19.4. The van der Waals surface area contributed by atoms with Gasteiger partial charge in [0.05, 0.1) is 17.5 Å². The van der Waals surface area contributed by atoms with Gasteiger partial charge in [0.2, 0.25) is 5.91 Å². The Bertz CT molecular complexity index is 547. The van der Waals surface area contributed by atoms with Crippen LogP contribution < -0.4 is 10.2 Å². The maximum atomic E-state index is 13.1. The van der Waals surface area contributed by atoms with E-state index in [1.807, 2.05) is 0 Å². The van der Waals surface area contributed by atoms with Crippen molar-refractivity contribution < 1.29 is 18.0 Å². The van der Waals surface area contributed by atoms with Crippen molar-refractivity contribution in [2.24, 2.45) is 11.8 Å². The summed E-state index contributed by atoms with van der Waals surface area (Å²) < 4.78 is 39.2. The molecule has 1 amide bonds. The number of amides is 1. The summed E-state index contributed by atoms with van der Waals surface area (Å²) >= 11 is 0. The van der Waals surface area contributed by atoms with Crippen LogP contribution >= 0.6 is 0 Å². The van der Waals surface area contributed by atoms with Crippen LogP contribution in [0.2, 0.25) is 0 Å². The molecule has 1 aliphatic heterocycles. The summed E-state index contributed by atoms with van der Waals surface area (Å²) in [6.45, 7) is -0.0667. The van der Waals surface area contributed by atoms with Crippen molar-refractivity contribution in [1.29, 1.82) is 0 Å². The van der Waals surface area contributed by atoms with Gasteiger partial charge in [0.1, 0.15) is 0 Å². The average molecular weight is 316 g/mol. The molecule has 22 heavy (non-hydrogen) atoms. The minimum absolute atomic E-state index is 0.0908. The Balaban J connectivity index is 2.18. The smallest absolute Gasteiger partial charge is 0.361 e. The predicted molar refractivity (Wildman–Crippen MR) is 77.7 cm³/mol. The monoisotopic (exact) mass is 316 g/mol. The summed E-state index contributed by atoms with van der Waals surface area (Å²) in [7, 11) is 5.08. The molecule has 122 valence electrons. The number of rotatable bonds is 3. The van der Waals surface area contributed by atoms with Crippen LogP contribution in [0.5, 0.6) is 0 Å². The minimum atomic E-state index is -4.38. The lowest BCUT2D eigenvalue weighted by Crippen LogP contribution is -2.37. The molecule has 2 atom stereocenters. The Morgan fingerprint density at radius 1 is 1.41 bits per heavy atom. The maximum absolute atomic E-state index is 13.1. The minimum Gasteiger partial charge on any atom is -0.361 e. The van der Waals surface area contributed by atoms with E-state index in [0.717, 1.165) is 0 Å². The summed E-state index contributed by atoms with van der Waals surface area (Å²) in [5, 5.41) is 2.59. The highest BCUT2D eigenvalue weighted by Gasteiger charge is 2.51. The van der Waals surface area contributed by atoms with Crippen LogP contribution in [0.1, 0.15) is 0 Å². The number of likely N-dealkylation sites (tertiary alicyclic amines) is 1. The number of nitrogens with one attached hydrogen (secondary N) is 1. The molecule has 1 aromatic rings. The van der Waals surface area contributed by atoms with Gasteiger partial charge in [-0.15, -0.1) is 0 Å². The molecule has 2 rings (SSSR count). The number of pyridine rings is 1. The average Bonchev–Trinajstić information content (AvgIpc) is 2.81. The van der Waals surface area contributed by atoms with Crippen molar-refractivity contribution >= 4 is 17.4 Å². The molecule has 0 bridgehead atoms. The quantitative estimate of drug-likeness (QED) is 0.924. The molecule has 8 heteroatoms. The van der Waals surface area contributed by atoms with Crippen molar-refractivity contribution in [3.05, 3.63) is 18.3 Å². The summed E-state index contributed by atoms with van der Waals surface area (Å²) in [5.74, 6) is -2.87. The molecule has 1 N–H and O–H groups in total. The van der Waals surface area contributed by atoms with Crippen molar-refractivity contribution in [3.63, 3.8) is 0 Å². The molecule has 0 aromatic carbocycles. The molecule has 0 saturated carbocycles. The van der Waals surface area contributed by atoms with Gasteiger partial charge in [0.25, 0.3) is 0 Å². The van der Waals surface area contributed by atoms with Gasteiger partial charge in [-0.3, -0.25) is 4.79 Å². The first-order valence-electron chi connectivity index (χ1n) is 6.88. The molecule has 2 heterocycles. The lowest BCUT2D eigenvalue weighted by molar-refractivity contribution is -0.182. The topological polar surface area (TPSA) is 48.5 Å². The fourth-order valence-electron chi connectivity index (χ4n) is 2.67. The third-order valence-corrected chi connectivity index (χ3v) is 3.73. The van der Waals surface area contributed by atoms with E-state index in [9.17, 15) is 18.0 Å².